The minimum Gasteiger partial charge on any atom is -0.339 e. The van der Waals surface area contributed by atoms with Crippen LogP contribution < -0.4 is 4.90 Å². The molecule has 6 aliphatic rings. The fourth-order valence-corrected chi connectivity index (χ4v) is 7.33. The minimum atomic E-state index is 0.0223. The molecular formula is C32H39N5O3. The smallest absolute Gasteiger partial charge is 0.258 e. The first-order valence-electron chi connectivity index (χ1n) is 15.6. The highest BCUT2D eigenvalue weighted by Gasteiger charge is 2.53. The Bertz CT molecular complexity index is 1370. The normalized spacial score (nSPS) is 28.0. The summed E-state index contributed by atoms with van der Waals surface area (Å²) in [5, 5.41) is 8.55. The van der Waals surface area contributed by atoms with Gasteiger partial charge in [0.1, 0.15) is 0 Å². The predicted molar refractivity (Wildman–Crippen MR) is 149 cm³/mol. The van der Waals surface area contributed by atoms with E-state index in [0.29, 0.717) is 24.1 Å². The molecule has 40 heavy (non-hydrogen) atoms. The molecule has 1 aromatic carbocycles. The molecule has 6 aliphatic carbocycles. The molecule has 3 aromatic rings. The molecule has 0 saturated heterocycles. The second kappa shape index (κ2) is 9.52. The van der Waals surface area contributed by atoms with Crippen molar-refractivity contribution in [3.8, 4) is 11.5 Å². The lowest BCUT2D eigenvalue weighted by Crippen LogP contribution is -2.51. The van der Waals surface area contributed by atoms with Crippen LogP contribution in [0.5, 0.6) is 0 Å². The van der Waals surface area contributed by atoms with Crippen LogP contribution in [0.4, 0.5) is 5.69 Å². The Morgan fingerprint density at radius 1 is 0.900 bits per heavy atom. The fraction of sp³-hybridized carbons (Fsp3) is 0.656. The average molecular weight is 542 g/mol. The third-order valence-corrected chi connectivity index (χ3v) is 10.8. The van der Waals surface area contributed by atoms with Crippen LogP contribution in [0, 0.1) is 17.3 Å². The van der Waals surface area contributed by atoms with Crippen molar-refractivity contribution < 1.29 is 13.8 Å². The molecule has 2 aromatic heterocycles. The van der Waals surface area contributed by atoms with Crippen molar-refractivity contribution in [2.24, 2.45) is 17.3 Å². The number of benzene rings is 1. The molecule has 9 rings (SSSR count). The Morgan fingerprint density at radius 2 is 1.70 bits per heavy atom. The molecule has 0 unspecified atom stereocenters. The van der Waals surface area contributed by atoms with Gasteiger partial charge in [-0.3, -0.25) is 4.79 Å². The van der Waals surface area contributed by atoms with E-state index in [9.17, 15) is 4.79 Å². The van der Waals surface area contributed by atoms with Crippen molar-refractivity contribution in [2.75, 3.05) is 11.4 Å². The van der Waals surface area contributed by atoms with Gasteiger partial charge in [-0.25, -0.2) is 0 Å². The molecule has 0 atom stereocenters. The van der Waals surface area contributed by atoms with Crippen LogP contribution in [0.25, 0.3) is 11.5 Å². The van der Waals surface area contributed by atoms with Crippen LogP contribution in [0.3, 0.4) is 0 Å². The zero-order valence-electron chi connectivity index (χ0n) is 23.3. The third-order valence-electron chi connectivity index (χ3n) is 10.8. The SMILES string of the molecule is O=C(CC1CCC1)N(CC12CCC(c3nc(CC4CC4)no3)(CC1)CC2)c1cccc(-c2nc(C3CC3)no2)c1. The number of anilines is 1. The first kappa shape index (κ1) is 24.7. The van der Waals surface area contributed by atoms with Gasteiger partial charge >= 0.3 is 0 Å². The third kappa shape index (κ3) is 4.67. The largest absolute Gasteiger partial charge is 0.339 e. The van der Waals surface area contributed by atoms with Gasteiger partial charge in [0.15, 0.2) is 11.6 Å². The summed E-state index contributed by atoms with van der Waals surface area (Å²) in [4.78, 5) is 25.5. The van der Waals surface area contributed by atoms with Crippen molar-refractivity contribution >= 4 is 11.6 Å². The summed E-state index contributed by atoms with van der Waals surface area (Å²) >= 11 is 0. The predicted octanol–water partition coefficient (Wildman–Crippen LogP) is 6.76. The quantitative estimate of drug-likeness (QED) is 0.279. The average Bonchev–Trinajstić information content (AvgIpc) is 3.88. The zero-order chi connectivity index (χ0) is 26.7. The maximum absolute atomic E-state index is 13.9. The standard InChI is InChI=1S/C32H39N5O3/c38-27(18-21-3-1-4-21)37(25-6-2-5-24(19-25)29-34-28(36-39-29)23-9-10-23)20-31-11-14-32(15-12-31,16-13-31)30-33-26(35-40-30)17-22-7-8-22/h2,5-6,19,21-23H,1,3-4,7-18,20H2. The van der Waals surface area contributed by atoms with Crippen LogP contribution in [-0.4, -0.2) is 32.7 Å². The molecule has 1 amide bonds. The van der Waals surface area contributed by atoms with Gasteiger partial charge < -0.3 is 13.9 Å². The Hall–Kier alpha value is -3.03. The summed E-state index contributed by atoms with van der Waals surface area (Å²) in [6.45, 7) is 0.770. The molecule has 0 N–H and O–H groups in total. The van der Waals surface area contributed by atoms with E-state index >= 15 is 0 Å². The Balaban J connectivity index is 1.02. The van der Waals surface area contributed by atoms with Gasteiger partial charge in [-0.05, 0) is 112 Å². The van der Waals surface area contributed by atoms with E-state index in [1.165, 1.54) is 32.1 Å². The molecule has 8 heteroatoms. The monoisotopic (exact) mass is 541 g/mol. The van der Waals surface area contributed by atoms with Gasteiger partial charge in [-0.2, -0.15) is 9.97 Å². The van der Waals surface area contributed by atoms with Crippen LogP contribution in [-0.2, 0) is 16.6 Å². The van der Waals surface area contributed by atoms with E-state index in [1.54, 1.807) is 0 Å². The summed E-state index contributed by atoms with van der Waals surface area (Å²) < 4.78 is 11.5. The van der Waals surface area contributed by atoms with Crippen LogP contribution in [0.1, 0.15) is 113 Å². The van der Waals surface area contributed by atoms with Crippen LogP contribution in [0.15, 0.2) is 33.3 Å². The summed E-state index contributed by atoms with van der Waals surface area (Å²) in [5.41, 5.74) is 1.99. The second-order valence-corrected chi connectivity index (χ2v) is 13.7. The molecule has 0 aliphatic heterocycles. The molecular weight excluding hydrogens is 502 g/mol. The highest BCUT2D eigenvalue weighted by molar-refractivity contribution is 5.94. The summed E-state index contributed by atoms with van der Waals surface area (Å²) in [5.74, 6) is 5.11. The number of hydrogen-bond donors (Lipinski definition) is 0. The van der Waals surface area contributed by atoms with Crippen molar-refractivity contribution in [2.45, 2.75) is 108 Å². The second-order valence-electron chi connectivity index (χ2n) is 13.7. The van der Waals surface area contributed by atoms with Crippen molar-refractivity contribution in [3.63, 3.8) is 0 Å². The van der Waals surface area contributed by atoms with Crippen LogP contribution in [0.2, 0.25) is 0 Å². The number of nitrogens with zero attached hydrogens (tertiary/aromatic N) is 5. The van der Waals surface area contributed by atoms with Gasteiger partial charge in [0, 0.05) is 42.0 Å². The molecule has 0 spiro atoms. The van der Waals surface area contributed by atoms with E-state index in [4.69, 9.17) is 14.0 Å². The lowest BCUT2D eigenvalue weighted by molar-refractivity contribution is -0.120. The Kier molecular flexibility index (Phi) is 5.89. The summed E-state index contributed by atoms with van der Waals surface area (Å²) in [6, 6.07) is 8.19. The fourth-order valence-electron chi connectivity index (χ4n) is 7.33. The topological polar surface area (TPSA) is 98.2 Å². The van der Waals surface area contributed by atoms with Gasteiger partial charge in [0.05, 0.1) is 0 Å². The van der Waals surface area contributed by atoms with Crippen LogP contribution >= 0.6 is 0 Å². The first-order valence-corrected chi connectivity index (χ1v) is 15.6. The zero-order valence-corrected chi connectivity index (χ0v) is 23.3. The molecule has 2 bridgehead atoms. The molecule has 0 radical (unpaired) electrons. The maximum Gasteiger partial charge on any atom is 0.258 e. The summed E-state index contributed by atoms with van der Waals surface area (Å²) in [6.07, 6.45) is 16.5. The summed E-state index contributed by atoms with van der Waals surface area (Å²) in [7, 11) is 0. The number of carbonyl (C=O) groups excluding carboxylic acids is 1. The van der Waals surface area contributed by atoms with E-state index in [-0.39, 0.29) is 16.7 Å². The van der Waals surface area contributed by atoms with Gasteiger partial charge in [0.25, 0.3) is 5.89 Å². The van der Waals surface area contributed by atoms with E-state index in [1.807, 2.05) is 12.1 Å². The molecule has 6 fully saturated rings. The first-order chi connectivity index (χ1) is 19.6. The van der Waals surface area contributed by atoms with Gasteiger partial charge in [-0.15, -0.1) is 0 Å². The minimum absolute atomic E-state index is 0.0223. The molecule has 2 heterocycles. The highest BCUT2D eigenvalue weighted by atomic mass is 16.5. The number of aromatic nitrogens is 4. The Morgan fingerprint density at radius 3 is 2.40 bits per heavy atom. The Labute approximate surface area is 235 Å². The molecule has 6 saturated carbocycles. The van der Waals surface area contributed by atoms with Gasteiger partial charge in [0.2, 0.25) is 11.8 Å². The van der Waals surface area contributed by atoms with Crippen molar-refractivity contribution in [1.29, 1.82) is 0 Å². The molecule has 210 valence electrons. The number of carbonyl (C=O) groups is 1. The lowest BCUT2D eigenvalue weighted by atomic mass is 9.53. The number of fused-ring (bicyclic) bond motifs is 3. The van der Waals surface area contributed by atoms with E-state index in [2.05, 4.69) is 32.3 Å². The van der Waals surface area contributed by atoms with E-state index in [0.717, 1.165) is 99.0 Å². The number of amides is 1. The lowest BCUT2D eigenvalue weighted by Gasteiger charge is -2.53. The highest BCUT2D eigenvalue weighted by Crippen LogP contribution is 2.58. The van der Waals surface area contributed by atoms with E-state index < -0.39 is 0 Å². The molecule has 8 nitrogen and oxygen atoms in total. The number of hydrogen-bond acceptors (Lipinski definition) is 7. The van der Waals surface area contributed by atoms with Crippen molar-refractivity contribution in [3.05, 3.63) is 41.8 Å². The van der Waals surface area contributed by atoms with Gasteiger partial charge in [-0.1, -0.05) is 22.8 Å². The maximum atomic E-state index is 13.9. The van der Waals surface area contributed by atoms with Crippen molar-refractivity contribution in [1.82, 2.24) is 20.3 Å². The number of rotatable bonds is 10.